The predicted molar refractivity (Wildman–Crippen MR) is 116 cm³/mol. The number of rotatable bonds is 5. The number of pyridine rings is 2. The van der Waals surface area contributed by atoms with Gasteiger partial charge in [-0.25, -0.2) is 4.98 Å². The number of anilines is 1. The van der Waals surface area contributed by atoms with Crippen molar-refractivity contribution in [2.75, 3.05) is 25.2 Å². The summed E-state index contributed by atoms with van der Waals surface area (Å²) in [5.41, 5.74) is 3.35. The molecule has 2 aromatic heterocycles. The van der Waals surface area contributed by atoms with Gasteiger partial charge in [0.15, 0.2) is 0 Å². The quantitative estimate of drug-likeness (QED) is 0.660. The average Bonchev–Trinajstić information content (AvgIpc) is 2.77. The molecule has 0 bridgehead atoms. The van der Waals surface area contributed by atoms with E-state index in [-0.39, 0.29) is 11.6 Å². The van der Waals surface area contributed by atoms with Crippen LogP contribution >= 0.6 is 0 Å². The van der Waals surface area contributed by atoms with Crippen molar-refractivity contribution < 1.29 is 4.74 Å². The molecule has 1 atom stereocenters. The minimum atomic E-state index is -0.0104. The van der Waals surface area contributed by atoms with Crippen molar-refractivity contribution in [1.82, 2.24) is 9.55 Å². The van der Waals surface area contributed by atoms with Gasteiger partial charge in [0.25, 0.3) is 0 Å². The van der Waals surface area contributed by atoms with Crippen LogP contribution in [-0.2, 0) is 11.8 Å². The van der Waals surface area contributed by atoms with Gasteiger partial charge in [0.1, 0.15) is 5.82 Å². The van der Waals surface area contributed by atoms with Gasteiger partial charge in [0.05, 0.1) is 6.04 Å². The molecule has 5 heteroatoms. The van der Waals surface area contributed by atoms with Crippen molar-refractivity contribution in [3.63, 3.8) is 0 Å². The highest BCUT2D eigenvalue weighted by Gasteiger charge is 2.29. The van der Waals surface area contributed by atoms with Gasteiger partial charge in [0.2, 0.25) is 5.56 Å². The Morgan fingerprint density at radius 2 is 1.83 bits per heavy atom. The van der Waals surface area contributed by atoms with Crippen LogP contribution in [0.15, 0.2) is 71.8 Å². The Morgan fingerprint density at radius 3 is 2.55 bits per heavy atom. The van der Waals surface area contributed by atoms with Crippen LogP contribution in [0.3, 0.4) is 0 Å². The fraction of sp³-hybridized carbons (Fsp3) is 0.333. The summed E-state index contributed by atoms with van der Waals surface area (Å²) in [5.74, 6) is 1.44. The van der Waals surface area contributed by atoms with E-state index in [1.807, 2.05) is 24.5 Å². The van der Waals surface area contributed by atoms with Crippen LogP contribution in [0.2, 0.25) is 0 Å². The summed E-state index contributed by atoms with van der Waals surface area (Å²) in [7, 11) is 3.90. The van der Waals surface area contributed by atoms with Gasteiger partial charge in [-0.3, -0.25) is 4.79 Å². The molecular formula is C24H27N3O2. The maximum atomic E-state index is 11.7. The fourth-order valence-corrected chi connectivity index (χ4v) is 4.19. The molecule has 0 radical (unpaired) electrons. The number of ether oxygens (including phenoxy) is 1. The summed E-state index contributed by atoms with van der Waals surface area (Å²) in [6.07, 6.45) is 5.81. The zero-order valence-electron chi connectivity index (χ0n) is 17.0. The van der Waals surface area contributed by atoms with Crippen molar-refractivity contribution in [2.24, 2.45) is 13.0 Å². The molecule has 1 aliphatic rings. The Morgan fingerprint density at radius 1 is 1.07 bits per heavy atom. The van der Waals surface area contributed by atoms with Crippen LogP contribution in [0, 0.1) is 5.92 Å². The second-order valence-corrected chi connectivity index (χ2v) is 7.69. The van der Waals surface area contributed by atoms with E-state index in [9.17, 15) is 4.79 Å². The number of benzene rings is 1. The SMILES string of the molecule is CN(c1cc(-c2ccc(=O)n(C)c2)ccn1)C(c1ccccc1)C1CCOCC1. The molecule has 4 rings (SSSR count). The minimum Gasteiger partial charge on any atom is -0.381 e. The molecule has 3 heterocycles. The average molecular weight is 389 g/mol. The Kier molecular flexibility index (Phi) is 5.76. The van der Waals surface area contributed by atoms with E-state index in [0.717, 1.165) is 43.0 Å². The summed E-state index contributed by atoms with van der Waals surface area (Å²) >= 11 is 0. The van der Waals surface area contributed by atoms with Crippen molar-refractivity contribution >= 4 is 5.82 Å². The molecule has 1 fully saturated rings. The van der Waals surface area contributed by atoms with Gasteiger partial charge in [-0.05, 0) is 53.6 Å². The zero-order chi connectivity index (χ0) is 20.2. The third kappa shape index (κ3) is 4.25. The van der Waals surface area contributed by atoms with Gasteiger partial charge in [-0.2, -0.15) is 0 Å². The lowest BCUT2D eigenvalue weighted by molar-refractivity contribution is 0.0577. The topological polar surface area (TPSA) is 47.4 Å². The van der Waals surface area contributed by atoms with Gasteiger partial charge in [-0.15, -0.1) is 0 Å². The molecule has 0 N–H and O–H groups in total. The van der Waals surface area contributed by atoms with Crippen molar-refractivity contribution in [3.8, 4) is 11.1 Å². The minimum absolute atomic E-state index is 0.0104. The smallest absolute Gasteiger partial charge is 0.250 e. The maximum absolute atomic E-state index is 11.7. The first kappa shape index (κ1) is 19.4. The summed E-state index contributed by atoms with van der Waals surface area (Å²) in [6, 6.07) is 18.5. The van der Waals surface area contributed by atoms with E-state index < -0.39 is 0 Å². The molecular weight excluding hydrogens is 362 g/mol. The van der Waals surface area contributed by atoms with Gasteiger partial charge in [0, 0.05) is 45.8 Å². The second kappa shape index (κ2) is 8.62. The summed E-state index contributed by atoms with van der Waals surface area (Å²) in [5, 5.41) is 0. The molecule has 1 aliphatic heterocycles. The van der Waals surface area contributed by atoms with Crippen LogP contribution in [0.25, 0.3) is 11.1 Å². The fourth-order valence-electron chi connectivity index (χ4n) is 4.19. The summed E-state index contributed by atoms with van der Waals surface area (Å²) in [6.45, 7) is 1.63. The van der Waals surface area contributed by atoms with Crippen LogP contribution in [0.5, 0.6) is 0 Å². The van der Waals surface area contributed by atoms with Crippen LogP contribution < -0.4 is 10.5 Å². The molecule has 1 saturated heterocycles. The van der Waals surface area contributed by atoms with E-state index in [1.54, 1.807) is 17.7 Å². The lowest BCUT2D eigenvalue weighted by Gasteiger charge is -2.37. The summed E-state index contributed by atoms with van der Waals surface area (Å²) in [4.78, 5) is 18.7. The first-order valence-electron chi connectivity index (χ1n) is 10.1. The van der Waals surface area contributed by atoms with E-state index in [1.165, 1.54) is 5.56 Å². The molecule has 1 unspecified atom stereocenters. The zero-order valence-corrected chi connectivity index (χ0v) is 17.0. The number of aryl methyl sites for hydroxylation is 1. The number of nitrogens with zero attached hydrogens (tertiary/aromatic N) is 3. The van der Waals surface area contributed by atoms with Gasteiger partial charge >= 0.3 is 0 Å². The van der Waals surface area contributed by atoms with Gasteiger partial charge < -0.3 is 14.2 Å². The standard InChI is InChI=1S/C24H27N3O2/c1-26-17-21(8-9-23(26)28)20-10-13-25-22(16-20)27(2)24(18-6-4-3-5-7-18)19-11-14-29-15-12-19/h3-10,13,16-17,19,24H,11-12,14-15H2,1-2H3. The molecule has 1 aromatic carbocycles. The van der Waals surface area contributed by atoms with Crippen molar-refractivity contribution in [3.05, 3.63) is 82.9 Å². The molecule has 5 nitrogen and oxygen atoms in total. The van der Waals surface area contributed by atoms with E-state index in [0.29, 0.717) is 5.92 Å². The highest BCUT2D eigenvalue weighted by molar-refractivity contribution is 5.66. The molecule has 29 heavy (non-hydrogen) atoms. The maximum Gasteiger partial charge on any atom is 0.250 e. The third-order valence-corrected chi connectivity index (χ3v) is 5.80. The monoisotopic (exact) mass is 389 g/mol. The second-order valence-electron chi connectivity index (χ2n) is 7.69. The van der Waals surface area contributed by atoms with Crippen molar-refractivity contribution in [1.29, 1.82) is 0 Å². The van der Waals surface area contributed by atoms with E-state index in [4.69, 9.17) is 4.74 Å². The number of hydrogen-bond donors (Lipinski definition) is 0. The Hall–Kier alpha value is -2.92. The largest absolute Gasteiger partial charge is 0.381 e. The number of aromatic nitrogens is 2. The van der Waals surface area contributed by atoms with Gasteiger partial charge in [-0.1, -0.05) is 30.3 Å². The van der Waals surface area contributed by atoms with E-state index in [2.05, 4.69) is 53.3 Å². The highest BCUT2D eigenvalue weighted by atomic mass is 16.5. The highest BCUT2D eigenvalue weighted by Crippen LogP contribution is 2.37. The summed E-state index contributed by atoms with van der Waals surface area (Å²) < 4.78 is 7.21. The number of hydrogen-bond acceptors (Lipinski definition) is 4. The molecule has 0 aliphatic carbocycles. The molecule has 0 spiro atoms. The normalized spacial score (nSPS) is 15.8. The molecule has 150 valence electrons. The molecule has 0 saturated carbocycles. The Balaban J connectivity index is 1.69. The van der Waals surface area contributed by atoms with Crippen LogP contribution in [0.1, 0.15) is 24.4 Å². The first-order chi connectivity index (χ1) is 14.1. The van der Waals surface area contributed by atoms with Crippen molar-refractivity contribution in [2.45, 2.75) is 18.9 Å². The third-order valence-electron chi connectivity index (χ3n) is 5.80. The predicted octanol–water partition coefficient (Wildman–Crippen LogP) is 4.05. The van der Waals surface area contributed by atoms with E-state index >= 15 is 0 Å². The molecule has 0 amide bonds. The lowest BCUT2D eigenvalue weighted by atomic mass is 9.86. The van der Waals surface area contributed by atoms with Crippen LogP contribution in [-0.4, -0.2) is 29.8 Å². The Bertz CT molecular complexity index is 1010. The first-order valence-corrected chi connectivity index (χ1v) is 10.1. The lowest BCUT2D eigenvalue weighted by Crippen LogP contribution is -2.34. The molecule has 3 aromatic rings. The van der Waals surface area contributed by atoms with Crippen LogP contribution in [0.4, 0.5) is 5.82 Å². The Labute approximate surface area is 171 Å².